The number of rotatable bonds is 3. The molecule has 0 aromatic carbocycles. The molecule has 0 saturated carbocycles. The number of piperazine rings is 1. The van der Waals surface area contributed by atoms with Crippen LogP contribution in [0.25, 0.3) is 0 Å². The smallest absolute Gasteiger partial charge is 0.353 e. The van der Waals surface area contributed by atoms with Crippen molar-refractivity contribution in [2.45, 2.75) is 6.18 Å². The van der Waals surface area contributed by atoms with Crippen molar-refractivity contribution in [1.29, 1.82) is 0 Å². The summed E-state index contributed by atoms with van der Waals surface area (Å²) in [5.41, 5.74) is -0.950. The molecule has 1 fully saturated rings. The first-order valence-electron chi connectivity index (χ1n) is 5.95. The van der Waals surface area contributed by atoms with Crippen LogP contribution in [0.4, 0.5) is 19.0 Å². The molecule has 1 aliphatic rings. The first kappa shape index (κ1) is 14.5. The Hall–Kier alpha value is -0.890. The molecule has 2 rings (SSSR count). The van der Waals surface area contributed by atoms with Crippen molar-refractivity contribution in [3.63, 3.8) is 0 Å². The predicted octanol–water partition coefficient (Wildman–Crippen LogP) is 2.01. The minimum atomic E-state index is -4.43. The fraction of sp³-hybridized carbons (Fsp3) is 0.636. The van der Waals surface area contributed by atoms with Crippen LogP contribution in [0.5, 0.6) is 0 Å². The molecule has 0 atom stereocenters. The highest BCUT2D eigenvalue weighted by Crippen LogP contribution is 2.27. The molecule has 1 aromatic rings. The first-order chi connectivity index (χ1) is 9.00. The van der Waals surface area contributed by atoms with Crippen LogP contribution >= 0.6 is 15.9 Å². The normalized spacial score (nSPS) is 17.8. The van der Waals surface area contributed by atoms with Gasteiger partial charge in [0.15, 0.2) is 11.5 Å². The summed E-state index contributed by atoms with van der Waals surface area (Å²) in [6, 6.07) is 2.36. The standard InChI is InChI=1S/C11H14BrF3N4/c12-3-4-18-5-7-19(8-6-18)10-2-1-9(16-17-10)11(13,14)15/h1-2H,3-8H2. The summed E-state index contributed by atoms with van der Waals surface area (Å²) < 4.78 is 37.1. The molecule has 1 saturated heterocycles. The van der Waals surface area contributed by atoms with Crippen molar-refractivity contribution < 1.29 is 13.2 Å². The maximum absolute atomic E-state index is 12.4. The van der Waals surface area contributed by atoms with Gasteiger partial charge in [0.05, 0.1) is 0 Å². The third-order valence-electron chi connectivity index (χ3n) is 3.04. The van der Waals surface area contributed by atoms with Crippen LogP contribution in [-0.2, 0) is 6.18 Å². The van der Waals surface area contributed by atoms with Gasteiger partial charge in [-0.2, -0.15) is 13.2 Å². The highest BCUT2D eigenvalue weighted by atomic mass is 79.9. The zero-order chi connectivity index (χ0) is 13.9. The predicted molar refractivity (Wildman–Crippen MR) is 69.5 cm³/mol. The zero-order valence-corrected chi connectivity index (χ0v) is 11.8. The summed E-state index contributed by atoms with van der Waals surface area (Å²) in [6.07, 6.45) is -4.43. The Morgan fingerprint density at radius 1 is 1.11 bits per heavy atom. The van der Waals surface area contributed by atoms with Gasteiger partial charge in [0.2, 0.25) is 0 Å². The van der Waals surface area contributed by atoms with E-state index in [0.29, 0.717) is 5.82 Å². The SMILES string of the molecule is FC(F)(F)c1ccc(N2CCN(CCBr)CC2)nn1. The quantitative estimate of drug-likeness (QED) is 0.789. The molecule has 1 aliphatic heterocycles. The van der Waals surface area contributed by atoms with E-state index in [2.05, 4.69) is 31.0 Å². The number of hydrogen-bond donors (Lipinski definition) is 0. The van der Waals surface area contributed by atoms with Gasteiger partial charge in [-0.25, -0.2) is 0 Å². The van der Waals surface area contributed by atoms with Crippen molar-refractivity contribution in [2.75, 3.05) is 43.0 Å². The van der Waals surface area contributed by atoms with Crippen LogP contribution in [0.1, 0.15) is 5.69 Å². The average molecular weight is 339 g/mol. The Bertz CT molecular complexity index is 401. The van der Waals surface area contributed by atoms with Gasteiger partial charge < -0.3 is 4.90 Å². The number of anilines is 1. The second-order valence-corrected chi connectivity index (χ2v) is 5.09. The Morgan fingerprint density at radius 2 is 1.79 bits per heavy atom. The Morgan fingerprint density at radius 3 is 2.26 bits per heavy atom. The molecule has 8 heteroatoms. The summed E-state index contributed by atoms with van der Waals surface area (Å²) >= 11 is 3.39. The highest BCUT2D eigenvalue weighted by molar-refractivity contribution is 9.09. The molecule has 0 bridgehead atoms. The number of nitrogens with zero attached hydrogens (tertiary/aromatic N) is 4. The Balaban J connectivity index is 1.97. The van der Waals surface area contributed by atoms with Crippen molar-refractivity contribution in [2.24, 2.45) is 0 Å². The minimum absolute atomic E-state index is 0.506. The highest BCUT2D eigenvalue weighted by Gasteiger charge is 2.33. The number of alkyl halides is 4. The average Bonchev–Trinajstić information content (AvgIpc) is 2.39. The number of halogens is 4. The van der Waals surface area contributed by atoms with Crippen molar-refractivity contribution in [3.05, 3.63) is 17.8 Å². The lowest BCUT2D eigenvalue weighted by Crippen LogP contribution is -2.47. The van der Waals surface area contributed by atoms with Gasteiger partial charge in [0.1, 0.15) is 0 Å². The molecule has 0 unspecified atom stereocenters. The minimum Gasteiger partial charge on any atom is -0.353 e. The molecule has 0 amide bonds. The molecule has 19 heavy (non-hydrogen) atoms. The lowest BCUT2D eigenvalue weighted by Gasteiger charge is -2.34. The van der Waals surface area contributed by atoms with E-state index in [-0.39, 0.29) is 0 Å². The maximum Gasteiger partial charge on any atom is 0.435 e. The third kappa shape index (κ3) is 3.79. The van der Waals surface area contributed by atoms with Crippen LogP contribution in [0, 0.1) is 0 Å². The zero-order valence-electron chi connectivity index (χ0n) is 10.2. The molecule has 2 heterocycles. The van der Waals surface area contributed by atoms with Gasteiger partial charge in [-0.1, -0.05) is 15.9 Å². The monoisotopic (exact) mass is 338 g/mol. The van der Waals surface area contributed by atoms with E-state index in [9.17, 15) is 13.2 Å². The molecule has 0 radical (unpaired) electrons. The first-order valence-corrected chi connectivity index (χ1v) is 7.07. The molecular formula is C11H14BrF3N4. The Kier molecular flexibility index (Phi) is 4.62. The van der Waals surface area contributed by atoms with Gasteiger partial charge in [0.25, 0.3) is 0 Å². The van der Waals surface area contributed by atoms with Crippen molar-refractivity contribution in [1.82, 2.24) is 15.1 Å². The summed E-state index contributed by atoms with van der Waals surface area (Å²) in [5, 5.41) is 7.83. The van der Waals surface area contributed by atoms with Crippen LogP contribution in [0.3, 0.4) is 0 Å². The summed E-state index contributed by atoms with van der Waals surface area (Å²) in [7, 11) is 0. The largest absolute Gasteiger partial charge is 0.435 e. The van der Waals surface area contributed by atoms with Gasteiger partial charge in [-0.05, 0) is 12.1 Å². The van der Waals surface area contributed by atoms with Gasteiger partial charge >= 0.3 is 6.18 Å². The van der Waals surface area contributed by atoms with E-state index in [1.165, 1.54) is 6.07 Å². The van der Waals surface area contributed by atoms with E-state index in [0.717, 1.165) is 44.1 Å². The molecular weight excluding hydrogens is 325 g/mol. The topological polar surface area (TPSA) is 32.3 Å². The molecule has 1 aromatic heterocycles. The second kappa shape index (κ2) is 6.04. The fourth-order valence-electron chi connectivity index (χ4n) is 1.97. The van der Waals surface area contributed by atoms with E-state index in [4.69, 9.17) is 0 Å². The van der Waals surface area contributed by atoms with Gasteiger partial charge in [0, 0.05) is 38.1 Å². The van der Waals surface area contributed by atoms with Crippen LogP contribution in [-0.4, -0.2) is 53.2 Å². The van der Waals surface area contributed by atoms with E-state index >= 15 is 0 Å². The lowest BCUT2D eigenvalue weighted by molar-refractivity contribution is -0.141. The van der Waals surface area contributed by atoms with E-state index in [1.54, 1.807) is 0 Å². The molecule has 0 aliphatic carbocycles. The van der Waals surface area contributed by atoms with Crippen LogP contribution < -0.4 is 4.90 Å². The van der Waals surface area contributed by atoms with Gasteiger partial charge in [-0.3, -0.25) is 4.90 Å². The lowest BCUT2D eigenvalue weighted by atomic mass is 10.3. The third-order valence-corrected chi connectivity index (χ3v) is 3.39. The Labute approximate surface area is 117 Å². The van der Waals surface area contributed by atoms with Crippen LogP contribution in [0.2, 0.25) is 0 Å². The van der Waals surface area contributed by atoms with Gasteiger partial charge in [-0.15, -0.1) is 10.2 Å². The second-order valence-electron chi connectivity index (χ2n) is 4.29. The fourth-order valence-corrected chi connectivity index (χ4v) is 2.47. The van der Waals surface area contributed by atoms with Crippen molar-refractivity contribution >= 4 is 21.7 Å². The molecule has 106 valence electrons. The molecule has 0 N–H and O–H groups in total. The maximum atomic E-state index is 12.4. The van der Waals surface area contributed by atoms with E-state index in [1.807, 2.05) is 4.90 Å². The van der Waals surface area contributed by atoms with Crippen LogP contribution in [0.15, 0.2) is 12.1 Å². The molecule has 4 nitrogen and oxygen atoms in total. The van der Waals surface area contributed by atoms with E-state index < -0.39 is 11.9 Å². The number of aromatic nitrogens is 2. The molecule has 0 spiro atoms. The number of hydrogen-bond acceptors (Lipinski definition) is 4. The summed E-state index contributed by atoms with van der Waals surface area (Å²) in [4.78, 5) is 4.25. The summed E-state index contributed by atoms with van der Waals surface area (Å²) in [6.45, 7) is 4.26. The summed E-state index contributed by atoms with van der Waals surface area (Å²) in [5.74, 6) is 0.506. The van der Waals surface area contributed by atoms with Crippen molar-refractivity contribution in [3.8, 4) is 0 Å².